The number of likely N-dealkylation sites (tertiary alicyclic amines) is 1. The number of nitrogens with zero attached hydrogens (tertiary/aromatic N) is 3. The van der Waals surface area contributed by atoms with Gasteiger partial charge in [-0.3, -0.25) is 0 Å². The Labute approximate surface area is 207 Å². The van der Waals surface area contributed by atoms with Gasteiger partial charge < -0.3 is 20.1 Å². The molecule has 1 aliphatic heterocycles. The number of rotatable bonds is 5. The van der Waals surface area contributed by atoms with E-state index in [-0.39, 0.29) is 0 Å². The first-order valence-corrected chi connectivity index (χ1v) is 11.8. The summed E-state index contributed by atoms with van der Waals surface area (Å²) in [5, 5.41) is 21.4. The zero-order chi connectivity index (χ0) is 24.8. The number of benzene rings is 2. The molecule has 0 spiro atoms. The maximum Gasteiger partial charge on any atom is 0.414 e. The number of hydrogen-bond donors (Lipinski definition) is 3. The highest BCUT2D eigenvalue weighted by Gasteiger charge is 2.22. The van der Waals surface area contributed by atoms with Crippen LogP contribution in [0.25, 0.3) is 16.6 Å². The first kappa shape index (κ1) is 24.5. The number of hydrogen-bond acceptors (Lipinski definition) is 4. The predicted molar refractivity (Wildman–Crippen MR) is 134 cm³/mol. The maximum absolute atomic E-state index is 9.10. The Morgan fingerprint density at radius 1 is 1.06 bits per heavy atom. The number of aliphatic carboxylic acids is 2. The van der Waals surface area contributed by atoms with E-state index in [4.69, 9.17) is 31.4 Å². The maximum atomic E-state index is 9.10. The first-order chi connectivity index (χ1) is 16.9. The van der Waals surface area contributed by atoms with Crippen molar-refractivity contribution in [2.75, 3.05) is 19.6 Å². The minimum absolute atomic E-state index is 0.610. The summed E-state index contributed by atoms with van der Waals surface area (Å²) in [6.45, 7) is 3.38. The van der Waals surface area contributed by atoms with Crippen molar-refractivity contribution < 1.29 is 19.8 Å². The lowest BCUT2D eigenvalue weighted by Gasteiger charge is -2.31. The molecule has 9 heteroatoms. The van der Waals surface area contributed by atoms with Crippen LogP contribution in [0.5, 0.6) is 0 Å². The molecular formula is C26H27ClN4O4. The van der Waals surface area contributed by atoms with Crippen molar-refractivity contribution in [2.45, 2.75) is 25.2 Å². The minimum Gasteiger partial charge on any atom is -0.473 e. The molecule has 35 heavy (non-hydrogen) atoms. The normalized spacial score (nSPS) is 14.4. The molecule has 182 valence electrons. The highest BCUT2D eigenvalue weighted by molar-refractivity contribution is 6.31. The molecule has 1 fully saturated rings. The Morgan fingerprint density at radius 3 is 2.46 bits per heavy atom. The number of carbonyl (C=O) groups is 2. The van der Waals surface area contributed by atoms with Gasteiger partial charge in [-0.2, -0.15) is 5.10 Å². The second-order valence-corrected chi connectivity index (χ2v) is 8.98. The predicted octanol–water partition coefficient (Wildman–Crippen LogP) is 4.58. The summed E-state index contributed by atoms with van der Waals surface area (Å²) in [5.41, 5.74) is 5.01. The minimum atomic E-state index is -1.82. The average molecular weight is 495 g/mol. The van der Waals surface area contributed by atoms with Crippen molar-refractivity contribution >= 4 is 34.4 Å². The molecule has 1 aliphatic rings. The van der Waals surface area contributed by atoms with E-state index in [1.165, 1.54) is 34.9 Å². The Balaban J connectivity index is 0.000000431. The van der Waals surface area contributed by atoms with Gasteiger partial charge in [0.25, 0.3) is 0 Å². The Kier molecular flexibility index (Phi) is 7.84. The number of fused-ring (bicyclic) bond motifs is 1. The van der Waals surface area contributed by atoms with Crippen LogP contribution >= 0.6 is 11.6 Å². The third-order valence-electron chi connectivity index (χ3n) is 6.26. The number of carboxylic acid groups (broad SMARTS) is 2. The highest BCUT2D eigenvalue weighted by Crippen LogP contribution is 2.34. The molecule has 2 aromatic carbocycles. The van der Waals surface area contributed by atoms with Crippen LogP contribution in [-0.4, -0.2) is 61.5 Å². The van der Waals surface area contributed by atoms with Gasteiger partial charge in [-0.1, -0.05) is 29.8 Å². The molecule has 5 rings (SSSR count). The lowest BCUT2D eigenvalue weighted by Crippen LogP contribution is -2.34. The lowest BCUT2D eigenvalue weighted by molar-refractivity contribution is -0.159. The molecular weight excluding hydrogens is 468 g/mol. The number of halogens is 1. The van der Waals surface area contributed by atoms with Crippen molar-refractivity contribution in [3.8, 4) is 5.69 Å². The molecule has 1 saturated heterocycles. The summed E-state index contributed by atoms with van der Waals surface area (Å²) in [7, 11) is 0. The quantitative estimate of drug-likeness (QED) is 0.350. The molecule has 0 atom stereocenters. The van der Waals surface area contributed by atoms with Crippen molar-refractivity contribution in [2.24, 2.45) is 0 Å². The van der Waals surface area contributed by atoms with Gasteiger partial charge in [0.15, 0.2) is 0 Å². The highest BCUT2D eigenvalue weighted by atomic mass is 35.5. The summed E-state index contributed by atoms with van der Waals surface area (Å²) in [6, 6.07) is 16.4. The number of carboxylic acids is 2. The second kappa shape index (κ2) is 11.2. The summed E-state index contributed by atoms with van der Waals surface area (Å²) in [6.07, 6.45) is 9.76. The fourth-order valence-electron chi connectivity index (χ4n) is 4.42. The molecule has 0 saturated carbocycles. The van der Waals surface area contributed by atoms with Gasteiger partial charge in [0.05, 0.1) is 11.9 Å². The number of para-hydroxylation sites is 1. The zero-order valence-electron chi connectivity index (χ0n) is 19.1. The molecule has 0 radical (unpaired) electrons. The third kappa shape index (κ3) is 6.29. The van der Waals surface area contributed by atoms with E-state index in [0.717, 1.165) is 36.8 Å². The van der Waals surface area contributed by atoms with Gasteiger partial charge in [-0.05, 0) is 79.7 Å². The van der Waals surface area contributed by atoms with Gasteiger partial charge >= 0.3 is 11.9 Å². The SMILES string of the molecule is Clc1ccc2[nH]cc(C3CCN(CCc4cnn(-c5ccccc5)c4)CC3)c2c1.O=C(O)C(=O)O. The van der Waals surface area contributed by atoms with Gasteiger partial charge in [-0.25, -0.2) is 14.3 Å². The van der Waals surface area contributed by atoms with Crippen molar-refractivity contribution in [3.63, 3.8) is 0 Å². The van der Waals surface area contributed by atoms with E-state index in [1.54, 1.807) is 0 Å². The van der Waals surface area contributed by atoms with E-state index in [2.05, 4.69) is 51.6 Å². The number of aromatic amines is 1. The standard InChI is InChI=1S/C24H25ClN4.C2H2O4/c25-20-6-7-24-22(14-20)23(16-26-24)19-9-12-28(13-10-19)11-8-18-15-27-29(17-18)21-4-2-1-3-5-21;3-1(4)2(5)6/h1-7,14-17,19,26H,8-13H2;(H,3,4)(H,5,6). The van der Waals surface area contributed by atoms with Gasteiger partial charge in [0.2, 0.25) is 0 Å². The van der Waals surface area contributed by atoms with Crippen molar-refractivity contribution in [1.29, 1.82) is 0 Å². The fraction of sp³-hybridized carbons (Fsp3) is 0.269. The van der Waals surface area contributed by atoms with Crippen LogP contribution in [0.3, 0.4) is 0 Å². The van der Waals surface area contributed by atoms with Crippen molar-refractivity contribution in [3.05, 3.63) is 83.3 Å². The molecule has 3 N–H and O–H groups in total. The number of aromatic nitrogens is 3. The summed E-state index contributed by atoms with van der Waals surface area (Å²) in [4.78, 5) is 24.2. The van der Waals surface area contributed by atoms with Gasteiger partial charge in [0, 0.05) is 34.9 Å². The summed E-state index contributed by atoms with van der Waals surface area (Å²) >= 11 is 6.22. The first-order valence-electron chi connectivity index (χ1n) is 11.4. The second-order valence-electron chi connectivity index (χ2n) is 8.54. The molecule has 0 bridgehead atoms. The van der Waals surface area contributed by atoms with Crippen LogP contribution < -0.4 is 0 Å². The monoisotopic (exact) mass is 494 g/mol. The summed E-state index contributed by atoms with van der Waals surface area (Å²) in [5.74, 6) is -3.04. The number of H-pyrrole nitrogens is 1. The lowest BCUT2D eigenvalue weighted by atomic mass is 9.89. The van der Waals surface area contributed by atoms with Crippen LogP contribution in [0.2, 0.25) is 5.02 Å². The molecule has 0 unspecified atom stereocenters. The van der Waals surface area contributed by atoms with E-state index >= 15 is 0 Å². The Hall–Kier alpha value is -3.62. The van der Waals surface area contributed by atoms with E-state index in [1.807, 2.05) is 35.1 Å². The number of piperidine rings is 1. The van der Waals surface area contributed by atoms with Gasteiger partial charge in [-0.15, -0.1) is 0 Å². The largest absolute Gasteiger partial charge is 0.473 e. The zero-order valence-corrected chi connectivity index (χ0v) is 19.9. The van der Waals surface area contributed by atoms with Gasteiger partial charge in [0.1, 0.15) is 0 Å². The third-order valence-corrected chi connectivity index (χ3v) is 6.49. The molecule has 2 aromatic heterocycles. The molecule has 8 nitrogen and oxygen atoms in total. The van der Waals surface area contributed by atoms with E-state index in [0.29, 0.717) is 5.92 Å². The van der Waals surface area contributed by atoms with Crippen LogP contribution in [0, 0.1) is 0 Å². The van der Waals surface area contributed by atoms with Crippen LogP contribution in [0.1, 0.15) is 29.9 Å². The smallest absolute Gasteiger partial charge is 0.414 e. The topological polar surface area (TPSA) is 111 Å². The molecule has 3 heterocycles. The van der Waals surface area contributed by atoms with Crippen LogP contribution in [0.4, 0.5) is 0 Å². The Bertz CT molecular complexity index is 1280. The fourth-order valence-corrected chi connectivity index (χ4v) is 4.59. The molecule has 4 aromatic rings. The molecule has 0 amide bonds. The van der Waals surface area contributed by atoms with Crippen LogP contribution in [0.15, 0.2) is 67.1 Å². The van der Waals surface area contributed by atoms with E-state index < -0.39 is 11.9 Å². The number of nitrogens with one attached hydrogen (secondary N) is 1. The molecule has 0 aliphatic carbocycles. The van der Waals surface area contributed by atoms with Crippen molar-refractivity contribution in [1.82, 2.24) is 19.7 Å². The van der Waals surface area contributed by atoms with E-state index in [9.17, 15) is 0 Å². The summed E-state index contributed by atoms with van der Waals surface area (Å²) < 4.78 is 1.96. The Morgan fingerprint density at radius 2 is 1.77 bits per heavy atom. The average Bonchev–Trinajstić information content (AvgIpc) is 3.51. The van der Waals surface area contributed by atoms with Crippen LogP contribution in [-0.2, 0) is 16.0 Å².